The first-order valence-corrected chi connectivity index (χ1v) is 10.3. The number of halogens is 1. The smallest absolute Gasteiger partial charge is 0.243 e. The molecule has 1 N–H and O–H groups in total. The summed E-state index contributed by atoms with van der Waals surface area (Å²) in [6.07, 6.45) is 1.80. The maximum absolute atomic E-state index is 12.5. The van der Waals surface area contributed by atoms with Gasteiger partial charge in [0.2, 0.25) is 10.0 Å². The summed E-state index contributed by atoms with van der Waals surface area (Å²) in [5.41, 5.74) is 1.33. The zero-order chi connectivity index (χ0) is 17.9. The standard InChI is InChI=1S/C18H19BrN2O3S/c19-15-4-3-5-16(12-15)20-13-18(22)14-6-8-17(9-7-14)25(23,24)21-10-1-2-11-21/h3-9,12,20H,1-2,10-11,13H2. The number of carbonyl (C=O) groups is 1. The van der Waals surface area contributed by atoms with Crippen LogP contribution in [0.2, 0.25) is 0 Å². The maximum Gasteiger partial charge on any atom is 0.243 e. The number of rotatable bonds is 6. The van der Waals surface area contributed by atoms with E-state index in [1.165, 1.54) is 16.4 Å². The molecular weight excluding hydrogens is 404 g/mol. The summed E-state index contributed by atoms with van der Waals surface area (Å²) in [4.78, 5) is 12.5. The molecule has 1 saturated heterocycles. The lowest BCUT2D eigenvalue weighted by Gasteiger charge is -2.15. The lowest BCUT2D eigenvalue weighted by Crippen LogP contribution is -2.27. The Morgan fingerprint density at radius 3 is 2.40 bits per heavy atom. The minimum atomic E-state index is -3.44. The normalized spacial score (nSPS) is 15.2. The van der Waals surface area contributed by atoms with Crippen LogP contribution in [0, 0.1) is 0 Å². The lowest BCUT2D eigenvalue weighted by atomic mass is 10.1. The van der Waals surface area contributed by atoms with Gasteiger partial charge in [-0.1, -0.05) is 22.0 Å². The largest absolute Gasteiger partial charge is 0.378 e. The third-order valence-electron chi connectivity index (χ3n) is 4.16. The Labute approximate surface area is 156 Å². The third-order valence-corrected chi connectivity index (χ3v) is 6.56. The summed E-state index contributed by atoms with van der Waals surface area (Å²) in [7, 11) is -3.44. The van der Waals surface area contributed by atoms with Gasteiger partial charge < -0.3 is 5.32 Å². The predicted octanol–water partition coefficient (Wildman–Crippen LogP) is 3.53. The van der Waals surface area contributed by atoms with E-state index in [9.17, 15) is 13.2 Å². The number of sulfonamides is 1. The Kier molecular flexibility index (Phi) is 5.56. The Hall–Kier alpha value is -1.70. The molecule has 0 unspecified atom stereocenters. The van der Waals surface area contributed by atoms with E-state index in [1.54, 1.807) is 12.1 Å². The van der Waals surface area contributed by atoms with Crippen molar-refractivity contribution in [2.24, 2.45) is 0 Å². The first-order chi connectivity index (χ1) is 12.0. The molecule has 0 amide bonds. The first-order valence-electron chi connectivity index (χ1n) is 8.10. The number of carbonyl (C=O) groups excluding carboxylic acids is 1. The van der Waals surface area contributed by atoms with E-state index in [0.29, 0.717) is 18.7 Å². The molecule has 7 heteroatoms. The fraction of sp³-hybridized carbons (Fsp3) is 0.278. The average molecular weight is 423 g/mol. The molecule has 2 aromatic carbocycles. The molecule has 1 fully saturated rings. The van der Waals surface area contributed by atoms with Crippen molar-refractivity contribution in [3.05, 3.63) is 58.6 Å². The number of benzene rings is 2. The van der Waals surface area contributed by atoms with Crippen LogP contribution in [0.1, 0.15) is 23.2 Å². The Balaban J connectivity index is 1.66. The van der Waals surface area contributed by atoms with E-state index in [-0.39, 0.29) is 17.2 Å². The summed E-state index contributed by atoms with van der Waals surface area (Å²) in [6.45, 7) is 1.29. The second-order valence-electron chi connectivity index (χ2n) is 5.92. The molecule has 1 aliphatic rings. The van der Waals surface area contributed by atoms with Crippen LogP contribution >= 0.6 is 15.9 Å². The molecule has 132 valence electrons. The van der Waals surface area contributed by atoms with E-state index < -0.39 is 10.0 Å². The van der Waals surface area contributed by atoms with Crippen LogP contribution in [0.15, 0.2) is 57.9 Å². The van der Waals surface area contributed by atoms with E-state index >= 15 is 0 Å². The van der Waals surface area contributed by atoms with Crippen molar-refractivity contribution in [1.82, 2.24) is 4.31 Å². The van der Waals surface area contributed by atoms with Crippen LogP contribution in [0.25, 0.3) is 0 Å². The van der Waals surface area contributed by atoms with Crippen LogP contribution < -0.4 is 5.32 Å². The molecule has 1 aliphatic heterocycles. The van der Waals surface area contributed by atoms with Crippen LogP contribution in [0.4, 0.5) is 5.69 Å². The van der Waals surface area contributed by atoms with Crippen molar-refractivity contribution >= 4 is 37.4 Å². The molecule has 25 heavy (non-hydrogen) atoms. The van der Waals surface area contributed by atoms with Gasteiger partial charge in [0.25, 0.3) is 0 Å². The number of hydrogen-bond acceptors (Lipinski definition) is 4. The van der Waals surface area contributed by atoms with Crippen molar-refractivity contribution in [1.29, 1.82) is 0 Å². The van der Waals surface area contributed by atoms with E-state index in [2.05, 4.69) is 21.2 Å². The minimum absolute atomic E-state index is 0.0925. The number of nitrogens with one attached hydrogen (secondary N) is 1. The highest BCUT2D eigenvalue weighted by molar-refractivity contribution is 9.10. The van der Waals surface area contributed by atoms with Crippen molar-refractivity contribution in [2.75, 3.05) is 25.0 Å². The van der Waals surface area contributed by atoms with E-state index in [1.807, 2.05) is 24.3 Å². The molecule has 2 aromatic rings. The van der Waals surface area contributed by atoms with Gasteiger partial charge in [0.1, 0.15) is 0 Å². The highest BCUT2D eigenvalue weighted by Gasteiger charge is 2.27. The van der Waals surface area contributed by atoms with Gasteiger partial charge in [0.05, 0.1) is 11.4 Å². The molecule has 5 nitrogen and oxygen atoms in total. The lowest BCUT2D eigenvalue weighted by molar-refractivity contribution is 0.101. The van der Waals surface area contributed by atoms with Crippen molar-refractivity contribution < 1.29 is 13.2 Å². The Bertz CT molecular complexity index is 860. The summed E-state index contributed by atoms with van der Waals surface area (Å²) in [6, 6.07) is 13.7. The number of ketones is 1. The summed E-state index contributed by atoms with van der Waals surface area (Å²) in [5, 5.41) is 3.07. The second kappa shape index (κ2) is 7.68. The summed E-state index contributed by atoms with van der Waals surface area (Å²) < 4.78 is 27.4. The SMILES string of the molecule is O=C(CNc1cccc(Br)c1)c1ccc(S(=O)(=O)N2CCCC2)cc1. The maximum atomic E-state index is 12.5. The highest BCUT2D eigenvalue weighted by Crippen LogP contribution is 2.21. The number of hydrogen-bond donors (Lipinski definition) is 1. The zero-order valence-electron chi connectivity index (χ0n) is 13.6. The first kappa shape index (κ1) is 18.1. The van der Waals surface area contributed by atoms with Gasteiger partial charge in [-0.3, -0.25) is 4.79 Å². The van der Waals surface area contributed by atoms with Gasteiger partial charge in [-0.2, -0.15) is 4.31 Å². The molecule has 3 rings (SSSR count). The minimum Gasteiger partial charge on any atom is -0.378 e. The third kappa shape index (κ3) is 4.29. The van der Waals surface area contributed by atoms with Crippen molar-refractivity contribution in [3.63, 3.8) is 0 Å². The van der Waals surface area contributed by atoms with E-state index in [0.717, 1.165) is 23.0 Å². The van der Waals surface area contributed by atoms with Gasteiger partial charge in [-0.15, -0.1) is 0 Å². The Morgan fingerprint density at radius 2 is 1.76 bits per heavy atom. The van der Waals surface area contributed by atoms with Crippen molar-refractivity contribution in [3.8, 4) is 0 Å². The van der Waals surface area contributed by atoms with Gasteiger partial charge in [0.15, 0.2) is 5.78 Å². The van der Waals surface area contributed by atoms with Crippen LogP contribution in [-0.2, 0) is 10.0 Å². The fourth-order valence-corrected chi connectivity index (χ4v) is 4.69. The summed E-state index contributed by atoms with van der Waals surface area (Å²) in [5.74, 6) is -0.0925. The van der Waals surface area contributed by atoms with Crippen LogP contribution in [0.5, 0.6) is 0 Å². The molecule has 0 atom stereocenters. The van der Waals surface area contributed by atoms with Gasteiger partial charge in [0, 0.05) is 28.8 Å². The number of Topliss-reactive ketones (excluding diaryl/α,β-unsaturated/α-hetero) is 1. The van der Waals surface area contributed by atoms with E-state index in [4.69, 9.17) is 0 Å². The topological polar surface area (TPSA) is 66.5 Å². The molecule has 0 aliphatic carbocycles. The molecular formula is C18H19BrN2O3S. The molecule has 0 bridgehead atoms. The molecule has 0 aromatic heterocycles. The van der Waals surface area contributed by atoms with Gasteiger partial charge in [-0.05, 0) is 55.3 Å². The Morgan fingerprint density at radius 1 is 1.08 bits per heavy atom. The molecule has 1 heterocycles. The monoisotopic (exact) mass is 422 g/mol. The van der Waals surface area contributed by atoms with Gasteiger partial charge in [-0.25, -0.2) is 8.42 Å². The molecule has 0 spiro atoms. The van der Waals surface area contributed by atoms with Crippen molar-refractivity contribution in [2.45, 2.75) is 17.7 Å². The fourth-order valence-electron chi connectivity index (χ4n) is 2.77. The predicted molar refractivity (Wildman–Crippen MR) is 101 cm³/mol. The zero-order valence-corrected chi connectivity index (χ0v) is 16.0. The number of nitrogens with zero attached hydrogens (tertiary/aromatic N) is 1. The van der Waals surface area contributed by atoms with Crippen LogP contribution in [0.3, 0.4) is 0 Å². The van der Waals surface area contributed by atoms with Crippen LogP contribution in [-0.4, -0.2) is 38.1 Å². The molecule has 0 radical (unpaired) electrons. The summed E-state index contributed by atoms with van der Waals surface area (Å²) >= 11 is 3.38. The average Bonchev–Trinajstić information content (AvgIpc) is 3.15. The highest BCUT2D eigenvalue weighted by atomic mass is 79.9. The quantitative estimate of drug-likeness (QED) is 0.722. The molecule has 0 saturated carbocycles. The second-order valence-corrected chi connectivity index (χ2v) is 8.78. The number of anilines is 1. The van der Waals surface area contributed by atoms with Gasteiger partial charge >= 0.3 is 0 Å².